The third-order valence-electron chi connectivity index (χ3n) is 2.48. The molecule has 0 bridgehead atoms. The Hall–Kier alpha value is -2.02. The smallest absolute Gasteiger partial charge is 0.348 e. The molecule has 1 N–H and O–H groups in total. The average Bonchev–Trinajstić information content (AvgIpc) is 2.66. The summed E-state index contributed by atoms with van der Waals surface area (Å²) in [6.45, 7) is 4.00. The zero-order chi connectivity index (χ0) is 12.1. The molecule has 1 aromatic heterocycles. The van der Waals surface area contributed by atoms with Crippen LogP contribution in [0.3, 0.4) is 0 Å². The fraction of sp³-hybridized carbons (Fsp3) is 0.333. The first-order valence-electron chi connectivity index (χ1n) is 5.01. The van der Waals surface area contributed by atoms with Gasteiger partial charge in [0.05, 0.1) is 7.11 Å². The van der Waals surface area contributed by atoms with Crippen LogP contribution in [-0.2, 0) is 16.0 Å². The summed E-state index contributed by atoms with van der Waals surface area (Å²) in [4.78, 5) is 14.2. The van der Waals surface area contributed by atoms with E-state index in [9.17, 15) is 4.79 Å². The van der Waals surface area contributed by atoms with Crippen molar-refractivity contribution in [3.63, 3.8) is 0 Å². The molecule has 0 amide bonds. The maximum Gasteiger partial charge on any atom is 0.348 e. The summed E-state index contributed by atoms with van der Waals surface area (Å²) in [5, 5.41) is 8.81. The SMILES string of the molecule is CCc1c[nH]c(C=C(C#N)C(=O)OC)c1C. The summed E-state index contributed by atoms with van der Waals surface area (Å²) in [6, 6.07) is 1.82. The number of aromatic amines is 1. The highest BCUT2D eigenvalue weighted by molar-refractivity contribution is 5.97. The van der Waals surface area contributed by atoms with E-state index in [1.165, 1.54) is 18.7 Å². The van der Waals surface area contributed by atoms with Crippen molar-refractivity contribution in [3.05, 3.63) is 28.6 Å². The monoisotopic (exact) mass is 218 g/mol. The maximum absolute atomic E-state index is 11.2. The van der Waals surface area contributed by atoms with Crippen molar-refractivity contribution in [2.45, 2.75) is 20.3 Å². The van der Waals surface area contributed by atoms with E-state index >= 15 is 0 Å². The highest BCUT2D eigenvalue weighted by Gasteiger charge is 2.11. The number of aryl methyl sites for hydroxylation is 1. The number of hydrogen-bond acceptors (Lipinski definition) is 3. The van der Waals surface area contributed by atoms with Crippen molar-refractivity contribution in [1.29, 1.82) is 5.26 Å². The number of carbonyl (C=O) groups is 1. The first-order chi connectivity index (χ1) is 7.63. The molecular formula is C12H14N2O2. The van der Waals surface area contributed by atoms with E-state index < -0.39 is 5.97 Å². The van der Waals surface area contributed by atoms with E-state index in [1.807, 2.05) is 19.2 Å². The van der Waals surface area contributed by atoms with Gasteiger partial charge in [-0.1, -0.05) is 6.92 Å². The number of rotatable bonds is 3. The molecule has 84 valence electrons. The van der Waals surface area contributed by atoms with Crippen molar-refractivity contribution in [1.82, 2.24) is 4.98 Å². The molecule has 0 aliphatic carbocycles. The van der Waals surface area contributed by atoms with Crippen molar-refractivity contribution in [3.8, 4) is 6.07 Å². The number of carbonyl (C=O) groups excluding carboxylic acids is 1. The van der Waals surface area contributed by atoms with Gasteiger partial charge in [0.15, 0.2) is 0 Å². The zero-order valence-electron chi connectivity index (χ0n) is 9.63. The predicted octanol–water partition coefficient (Wildman–Crippen LogP) is 1.97. The molecule has 0 radical (unpaired) electrons. The standard InChI is InChI=1S/C12H14N2O2/c1-4-9-7-14-11(8(9)2)5-10(6-13)12(15)16-3/h5,7,14H,4H2,1-3H3. The minimum Gasteiger partial charge on any atom is -0.465 e. The number of esters is 1. The number of nitrogens with zero attached hydrogens (tertiary/aromatic N) is 1. The zero-order valence-corrected chi connectivity index (χ0v) is 9.63. The average molecular weight is 218 g/mol. The van der Waals surface area contributed by atoms with Crippen LogP contribution in [0.5, 0.6) is 0 Å². The molecule has 0 aromatic carbocycles. The van der Waals surface area contributed by atoms with E-state index in [-0.39, 0.29) is 5.57 Å². The molecule has 0 saturated carbocycles. The molecule has 1 heterocycles. The molecule has 0 aliphatic rings. The quantitative estimate of drug-likeness (QED) is 0.479. The summed E-state index contributed by atoms with van der Waals surface area (Å²) >= 11 is 0. The van der Waals surface area contributed by atoms with Crippen molar-refractivity contribution < 1.29 is 9.53 Å². The molecule has 0 saturated heterocycles. The molecule has 0 spiro atoms. The number of aromatic nitrogens is 1. The van der Waals surface area contributed by atoms with E-state index in [1.54, 1.807) is 0 Å². The molecule has 1 rings (SSSR count). The van der Waals surface area contributed by atoms with Crippen molar-refractivity contribution >= 4 is 12.0 Å². The number of ether oxygens (including phenoxy) is 1. The molecular weight excluding hydrogens is 204 g/mol. The maximum atomic E-state index is 11.2. The summed E-state index contributed by atoms with van der Waals surface area (Å²) < 4.78 is 4.50. The van der Waals surface area contributed by atoms with Crippen molar-refractivity contribution in [2.75, 3.05) is 7.11 Å². The largest absolute Gasteiger partial charge is 0.465 e. The highest BCUT2D eigenvalue weighted by Crippen LogP contribution is 2.16. The number of nitrogens with one attached hydrogen (secondary N) is 1. The van der Waals surface area contributed by atoms with Gasteiger partial charge in [0.25, 0.3) is 0 Å². The number of hydrogen-bond donors (Lipinski definition) is 1. The molecule has 0 fully saturated rings. The van der Waals surface area contributed by atoms with E-state index in [4.69, 9.17) is 5.26 Å². The Kier molecular flexibility index (Phi) is 3.90. The number of methoxy groups -OCH3 is 1. The van der Waals surface area contributed by atoms with Crippen LogP contribution in [0.4, 0.5) is 0 Å². The molecule has 4 heteroatoms. The minimum atomic E-state index is -0.616. The third-order valence-corrected chi connectivity index (χ3v) is 2.48. The Balaban J connectivity index is 3.10. The van der Waals surface area contributed by atoms with Crippen LogP contribution < -0.4 is 0 Å². The van der Waals surface area contributed by atoms with Gasteiger partial charge in [0, 0.05) is 11.9 Å². The molecule has 1 aromatic rings. The predicted molar refractivity (Wildman–Crippen MR) is 60.5 cm³/mol. The fourth-order valence-corrected chi connectivity index (χ4v) is 1.46. The Morgan fingerprint density at radius 2 is 2.38 bits per heavy atom. The second kappa shape index (κ2) is 5.17. The lowest BCUT2D eigenvalue weighted by molar-refractivity contribution is -0.135. The lowest BCUT2D eigenvalue weighted by Crippen LogP contribution is -2.02. The van der Waals surface area contributed by atoms with E-state index in [2.05, 4.69) is 16.6 Å². The summed E-state index contributed by atoms with van der Waals surface area (Å²) in [5.74, 6) is -0.616. The summed E-state index contributed by atoms with van der Waals surface area (Å²) in [6.07, 6.45) is 4.31. The van der Waals surface area contributed by atoms with Crippen LogP contribution in [-0.4, -0.2) is 18.1 Å². The number of H-pyrrole nitrogens is 1. The van der Waals surface area contributed by atoms with Crippen LogP contribution in [0.1, 0.15) is 23.7 Å². The van der Waals surface area contributed by atoms with Gasteiger partial charge in [0.1, 0.15) is 11.6 Å². The van der Waals surface area contributed by atoms with Gasteiger partial charge in [0.2, 0.25) is 0 Å². The number of nitriles is 1. The Labute approximate surface area is 94.5 Å². The molecule has 16 heavy (non-hydrogen) atoms. The normalized spacial score (nSPS) is 11.0. The second-order valence-corrected chi connectivity index (χ2v) is 3.37. The van der Waals surface area contributed by atoms with Gasteiger partial charge in [-0.3, -0.25) is 0 Å². The summed E-state index contributed by atoms with van der Waals surface area (Å²) in [7, 11) is 1.26. The van der Waals surface area contributed by atoms with Gasteiger partial charge in [-0.05, 0) is 30.5 Å². The first-order valence-corrected chi connectivity index (χ1v) is 5.01. The Morgan fingerprint density at radius 3 is 2.81 bits per heavy atom. The van der Waals surface area contributed by atoms with Crippen LogP contribution in [0, 0.1) is 18.3 Å². The van der Waals surface area contributed by atoms with Gasteiger partial charge in [-0.25, -0.2) is 4.79 Å². The minimum absolute atomic E-state index is 0.00453. The summed E-state index contributed by atoms with van der Waals surface area (Å²) in [5.41, 5.74) is 3.00. The molecule has 0 unspecified atom stereocenters. The van der Waals surface area contributed by atoms with Crippen LogP contribution >= 0.6 is 0 Å². The Morgan fingerprint density at radius 1 is 1.69 bits per heavy atom. The van der Waals surface area contributed by atoms with Crippen LogP contribution in [0.15, 0.2) is 11.8 Å². The highest BCUT2D eigenvalue weighted by atomic mass is 16.5. The topological polar surface area (TPSA) is 65.9 Å². The molecule has 4 nitrogen and oxygen atoms in total. The second-order valence-electron chi connectivity index (χ2n) is 3.37. The van der Waals surface area contributed by atoms with Gasteiger partial charge >= 0.3 is 5.97 Å². The lowest BCUT2D eigenvalue weighted by atomic mass is 10.1. The van der Waals surface area contributed by atoms with Gasteiger partial charge < -0.3 is 9.72 Å². The fourth-order valence-electron chi connectivity index (χ4n) is 1.46. The van der Waals surface area contributed by atoms with Gasteiger partial charge in [-0.2, -0.15) is 5.26 Å². The first kappa shape index (κ1) is 12.1. The van der Waals surface area contributed by atoms with Gasteiger partial charge in [-0.15, -0.1) is 0 Å². The van der Waals surface area contributed by atoms with E-state index in [0.29, 0.717) is 0 Å². The van der Waals surface area contributed by atoms with Crippen molar-refractivity contribution in [2.24, 2.45) is 0 Å². The van der Waals surface area contributed by atoms with Crippen LogP contribution in [0.2, 0.25) is 0 Å². The third kappa shape index (κ3) is 2.31. The Bertz CT molecular complexity index is 464. The lowest BCUT2D eigenvalue weighted by Gasteiger charge is -1.97. The molecule has 0 aliphatic heterocycles. The van der Waals surface area contributed by atoms with E-state index in [0.717, 1.165) is 17.7 Å². The molecule has 0 atom stereocenters. The van der Waals surface area contributed by atoms with Crippen LogP contribution in [0.25, 0.3) is 6.08 Å².